The van der Waals surface area contributed by atoms with Crippen molar-refractivity contribution in [1.82, 2.24) is 10.3 Å². The number of nitrogens with zero attached hydrogens (tertiary/aromatic N) is 1. The van der Waals surface area contributed by atoms with Gasteiger partial charge in [-0.2, -0.15) is 0 Å². The van der Waals surface area contributed by atoms with Crippen molar-refractivity contribution < 1.29 is 4.79 Å². The number of pyridine rings is 1. The number of halogens is 1. The number of amides is 1. The Morgan fingerprint density at radius 2 is 1.90 bits per heavy atom. The van der Waals surface area contributed by atoms with Gasteiger partial charge in [-0.1, -0.05) is 6.07 Å². The number of carbonyl (C=O) groups excluding carboxylic acids is 1. The molecule has 2 aromatic rings. The standard InChI is InChI=1S/C16H18BrN3O/c1-11(2)19-16(21)12-6-8-13(9-7-12)18-10-14-4-3-5-15(17)20-14/h3-9,11,18H,10H2,1-2H3,(H,19,21). The Hall–Kier alpha value is -1.88. The molecule has 2 N–H and O–H groups in total. The fourth-order valence-electron chi connectivity index (χ4n) is 1.83. The Morgan fingerprint density at radius 3 is 2.52 bits per heavy atom. The van der Waals surface area contributed by atoms with E-state index in [9.17, 15) is 4.79 Å². The van der Waals surface area contributed by atoms with E-state index < -0.39 is 0 Å². The zero-order valence-electron chi connectivity index (χ0n) is 12.1. The minimum Gasteiger partial charge on any atom is -0.379 e. The minimum atomic E-state index is -0.0507. The van der Waals surface area contributed by atoms with Gasteiger partial charge in [0, 0.05) is 17.3 Å². The van der Waals surface area contributed by atoms with E-state index in [1.54, 1.807) is 0 Å². The molecule has 1 aromatic carbocycles. The lowest BCUT2D eigenvalue weighted by Crippen LogP contribution is -2.29. The number of benzene rings is 1. The third kappa shape index (κ3) is 4.86. The number of carbonyl (C=O) groups is 1. The van der Waals surface area contributed by atoms with Gasteiger partial charge in [0.1, 0.15) is 4.60 Å². The van der Waals surface area contributed by atoms with Gasteiger partial charge in [0.15, 0.2) is 0 Å². The third-order valence-electron chi connectivity index (χ3n) is 2.81. The maximum Gasteiger partial charge on any atom is 0.251 e. The van der Waals surface area contributed by atoms with Gasteiger partial charge in [-0.05, 0) is 66.2 Å². The molecule has 0 unspecified atom stereocenters. The fraction of sp³-hybridized carbons (Fsp3) is 0.250. The summed E-state index contributed by atoms with van der Waals surface area (Å²) in [6.45, 7) is 4.52. The van der Waals surface area contributed by atoms with Crippen LogP contribution in [0.25, 0.3) is 0 Å². The molecule has 0 aliphatic heterocycles. The molecule has 1 amide bonds. The van der Waals surface area contributed by atoms with Crippen LogP contribution in [0.15, 0.2) is 47.1 Å². The maximum atomic E-state index is 11.8. The molecule has 0 fully saturated rings. The Balaban J connectivity index is 1.95. The van der Waals surface area contributed by atoms with Crippen molar-refractivity contribution in [2.75, 3.05) is 5.32 Å². The topological polar surface area (TPSA) is 54.0 Å². The van der Waals surface area contributed by atoms with Crippen LogP contribution in [0.5, 0.6) is 0 Å². The fourth-order valence-corrected chi connectivity index (χ4v) is 2.21. The molecule has 1 aromatic heterocycles. The number of hydrogen-bond acceptors (Lipinski definition) is 3. The van der Waals surface area contributed by atoms with Gasteiger partial charge in [-0.3, -0.25) is 4.79 Å². The van der Waals surface area contributed by atoms with Gasteiger partial charge in [0.2, 0.25) is 0 Å². The Kier molecular flexibility index (Phi) is 5.33. The average molecular weight is 348 g/mol. The van der Waals surface area contributed by atoms with E-state index in [2.05, 4.69) is 31.5 Å². The van der Waals surface area contributed by atoms with Crippen molar-refractivity contribution in [2.45, 2.75) is 26.4 Å². The largest absolute Gasteiger partial charge is 0.379 e. The second-order valence-electron chi connectivity index (χ2n) is 5.01. The normalized spacial score (nSPS) is 10.5. The van der Waals surface area contributed by atoms with Crippen molar-refractivity contribution in [3.8, 4) is 0 Å². The molecule has 0 atom stereocenters. The molecule has 110 valence electrons. The Labute approximate surface area is 133 Å². The van der Waals surface area contributed by atoms with Crippen LogP contribution in [0.2, 0.25) is 0 Å². The SMILES string of the molecule is CC(C)NC(=O)c1ccc(NCc2cccc(Br)n2)cc1. The first-order valence-corrected chi connectivity index (χ1v) is 7.60. The zero-order valence-corrected chi connectivity index (χ0v) is 13.6. The predicted octanol–water partition coefficient (Wildman–Crippen LogP) is 3.59. The number of anilines is 1. The van der Waals surface area contributed by atoms with Crippen LogP contribution in [0.1, 0.15) is 29.9 Å². The monoisotopic (exact) mass is 347 g/mol. The zero-order chi connectivity index (χ0) is 15.2. The molecule has 0 aliphatic carbocycles. The summed E-state index contributed by atoms with van der Waals surface area (Å²) in [6, 6.07) is 13.4. The van der Waals surface area contributed by atoms with E-state index >= 15 is 0 Å². The first-order chi connectivity index (χ1) is 10.0. The quantitative estimate of drug-likeness (QED) is 0.812. The van der Waals surface area contributed by atoms with E-state index in [4.69, 9.17) is 0 Å². The lowest BCUT2D eigenvalue weighted by Gasteiger charge is -2.10. The summed E-state index contributed by atoms with van der Waals surface area (Å²) in [7, 11) is 0. The van der Waals surface area contributed by atoms with Gasteiger partial charge < -0.3 is 10.6 Å². The van der Waals surface area contributed by atoms with E-state index in [-0.39, 0.29) is 11.9 Å². The Morgan fingerprint density at radius 1 is 1.19 bits per heavy atom. The van der Waals surface area contributed by atoms with E-state index in [0.717, 1.165) is 16.0 Å². The van der Waals surface area contributed by atoms with Crippen molar-refractivity contribution >= 4 is 27.5 Å². The second-order valence-corrected chi connectivity index (χ2v) is 5.82. The van der Waals surface area contributed by atoms with Crippen LogP contribution in [0, 0.1) is 0 Å². The summed E-state index contributed by atoms with van der Waals surface area (Å²) in [5, 5.41) is 6.15. The van der Waals surface area contributed by atoms with Crippen LogP contribution in [0.3, 0.4) is 0 Å². The number of hydrogen-bond donors (Lipinski definition) is 2. The molecule has 0 bridgehead atoms. The molecule has 0 saturated carbocycles. The first-order valence-electron chi connectivity index (χ1n) is 6.81. The molecular formula is C16H18BrN3O. The van der Waals surface area contributed by atoms with Gasteiger partial charge in [0.25, 0.3) is 5.91 Å². The highest BCUT2D eigenvalue weighted by Gasteiger charge is 2.06. The first kappa shape index (κ1) is 15.5. The molecule has 0 radical (unpaired) electrons. The summed E-state index contributed by atoms with van der Waals surface area (Å²) in [4.78, 5) is 16.2. The molecule has 0 spiro atoms. The number of rotatable bonds is 5. The molecule has 2 rings (SSSR count). The summed E-state index contributed by atoms with van der Waals surface area (Å²) in [6.07, 6.45) is 0. The van der Waals surface area contributed by atoms with E-state index in [1.165, 1.54) is 0 Å². The molecule has 5 heteroatoms. The molecule has 4 nitrogen and oxygen atoms in total. The van der Waals surface area contributed by atoms with Gasteiger partial charge in [-0.15, -0.1) is 0 Å². The second kappa shape index (κ2) is 7.22. The van der Waals surface area contributed by atoms with Gasteiger partial charge in [0.05, 0.1) is 12.2 Å². The Bertz CT molecular complexity index is 611. The molecule has 0 saturated heterocycles. The smallest absolute Gasteiger partial charge is 0.251 e. The van der Waals surface area contributed by atoms with Crippen molar-refractivity contribution in [3.05, 3.63) is 58.3 Å². The number of nitrogens with one attached hydrogen (secondary N) is 2. The van der Waals surface area contributed by atoms with Crippen LogP contribution in [-0.4, -0.2) is 16.9 Å². The van der Waals surface area contributed by atoms with Crippen LogP contribution in [-0.2, 0) is 6.54 Å². The van der Waals surface area contributed by atoms with Gasteiger partial charge in [-0.25, -0.2) is 4.98 Å². The van der Waals surface area contributed by atoms with Crippen LogP contribution in [0.4, 0.5) is 5.69 Å². The van der Waals surface area contributed by atoms with Crippen LogP contribution < -0.4 is 10.6 Å². The molecular weight excluding hydrogens is 330 g/mol. The maximum absolute atomic E-state index is 11.8. The van der Waals surface area contributed by atoms with Crippen LogP contribution >= 0.6 is 15.9 Å². The lowest BCUT2D eigenvalue weighted by molar-refractivity contribution is 0.0943. The van der Waals surface area contributed by atoms with Gasteiger partial charge >= 0.3 is 0 Å². The summed E-state index contributed by atoms with van der Waals surface area (Å²) in [5.74, 6) is -0.0507. The minimum absolute atomic E-state index is 0.0507. The third-order valence-corrected chi connectivity index (χ3v) is 3.25. The molecule has 1 heterocycles. The summed E-state index contributed by atoms with van der Waals surface area (Å²) in [5.41, 5.74) is 2.57. The van der Waals surface area contributed by atoms with Crippen molar-refractivity contribution in [2.24, 2.45) is 0 Å². The van der Waals surface area contributed by atoms with E-state index in [1.807, 2.05) is 56.3 Å². The van der Waals surface area contributed by atoms with Crippen molar-refractivity contribution in [1.29, 1.82) is 0 Å². The molecule has 21 heavy (non-hydrogen) atoms. The highest BCUT2D eigenvalue weighted by molar-refractivity contribution is 9.10. The average Bonchev–Trinajstić information content (AvgIpc) is 2.45. The number of aromatic nitrogens is 1. The summed E-state index contributed by atoms with van der Waals surface area (Å²) < 4.78 is 0.822. The predicted molar refractivity (Wildman–Crippen MR) is 88.3 cm³/mol. The highest BCUT2D eigenvalue weighted by atomic mass is 79.9. The molecule has 0 aliphatic rings. The van der Waals surface area contributed by atoms with Crippen molar-refractivity contribution in [3.63, 3.8) is 0 Å². The van der Waals surface area contributed by atoms with E-state index in [0.29, 0.717) is 12.1 Å². The summed E-state index contributed by atoms with van der Waals surface area (Å²) >= 11 is 3.35. The lowest BCUT2D eigenvalue weighted by atomic mass is 10.2. The highest BCUT2D eigenvalue weighted by Crippen LogP contribution is 2.12.